The lowest BCUT2D eigenvalue weighted by atomic mass is 9.81. The summed E-state index contributed by atoms with van der Waals surface area (Å²) < 4.78 is 28.4. The molecule has 0 bridgehead atoms. The van der Waals surface area contributed by atoms with Crippen LogP contribution in [0.5, 0.6) is 5.75 Å². The summed E-state index contributed by atoms with van der Waals surface area (Å²) in [5.41, 5.74) is 0.421. The van der Waals surface area contributed by atoms with Crippen LogP contribution in [-0.4, -0.2) is 35.8 Å². The molecule has 1 saturated carbocycles. The molecule has 1 heterocycles. The molecular formula is C18H20F2N2O4. The Morgan fingerprint density at radius 3 is 2.23 bits per heavy atom. The second-order valence-electron chi connectivity index (χ2n) is 6.53. The third kappa shape index (κ3) is 4.00. The smallest absolute Gasteiger partial charge is 0.387 e. The van der Waals surface area contributed by atoms with Crippen LogP contribution in [-0.2, 0) is 14.4 Å². The van der Waals surface area contributed by atoms with Crippen LogP contribution in [0.4, 0.5) is 14.5 Å². The largest absolute Gasteiger partial charge is 0.435 e. The molecule has 0 unspecified atom stereocenters. The molecule has 2 aliphatic rings. The van der Waals surface area contributed by atoms with Crippen LogP contribution < -0.4 is 10.1 Å². The summed E-state index contributed by atoms with van der Waals surface area (Å²) in [5.74, 6) is -1.14. The molecular weight excluding hydrogens is 346 g/mol. The van der Waals surface area contributed by atoms with Crippen molar-refractivity contribution < 1.29 is 27.9 Å². The quantitative estimate of drug-likeness (QED) is 0.786. The van der Waals surface area contributed by atoms with Gasteiger partial charge in [-0.3, -0.25) is 19.3 Å². The maximum atomic E-state index is 12.3. The molecule has 1 aromatic carbocycles. The van der Waals surface area contributed by atoms with E-state index in [-0.39, 0.29) is 48.3 Å². The summed E-state index contributed by atoms with van der Waals surface area (Å²) >= 11 is 0. The maximum absolute atomic E-state index is 12.3. The third-order valence-electron chi connectivity index (χ3n) is 4.86. The van der Waals surface area contributed by atoms with Gasteiger partial charge in [0.1, 0.15) is 5.75 Å². The minimum absolute atomic E-state index is 0.00568. The topological polar surface area (TPSA) is 75.7 Å². The molecule has 1 aliphatic carbocycles. The Bertz CT molecular complexity index is 669. The molecule has 1 N–H and O–H groups in total. The Balaban J connectivity index is 1.51. The van der Waals surface area contributed by atoms with Gasteiger partial charge >= 0.3 is 6.61 Å². The van der Waals surface area contributed by atoms with Crippen molar-refractivity contribution in [1.82, 2.24) is 4.90 Å². The van der Waals surface area contributed by atoms with E-state index in [1.165, 1.54) is 29.2 Å². The van der Waals surface area contributed by atoms with Crippen LogP contribution in [0, 0.1) is 11.8 Å². The number of likely N-dealkylation sites (tertiary alicyclic amines) is 1. The number of carbonyl (C=O) groups is 3. The number of hydrogen-bond donors (Lipinski definition) is 1. The molecule has 2 fully saturated rings. The van der Waals surface area contributed by atoms with Crippen molar-refractivity contribution in [2.45, 2.75) is 38.7 Å². The average Bonchev–Trinajstić information content (AvgIpc) is 2.86. The Hall–Kier alpha value is -2.51. The highest BCUT2D eigenvalue weighted by Crippen LogP contribution is 2.37. The van der Waals surface area contributed by atoms with Gasteiger partial charge in [0.15, 0.2) is 0 Å². The van der Waals surface area contributed by atoms with Gasteiger partial charge in [-0.1, -0.05) is 12.8 Å². The van der Waals surface area contributed by atoms with E-state index in [2.05, 4.69) is 10.1 Å². The molecule has 8 heteroatoms. The highest BCUT2D eigenvalue weighted by Gasteiger charge is 2.47. The molecule has 1 saturated heterocycles. The fourth-order valence-electron chi connectivity index (χ4n) is 3.61. The molecule has 26 heavy (non-hydrogen) atoms. The van der Waals surface area contributed by atoms with E-state index >= 15 is 0 Å². The van der Waals surface area contributed by atoms with E-state index < -0.39 is 6.61 Å². The molecule has 6 nitrogen and oxygen atoms in total. The van der Waals surface area contributed by atoms with Crippen molar-refractivity contribution in [1.29, 1.82) is 0 Å². The van der Waals surface area contributed by atoms with E-state index in [1.807, 2.05) is 0 Å². The van der Waals surface area contributed by atoms with E-state index in [9.17, 15) is 23.2 Å². The number of nitrogens with one attached hydrogen (secondary N) is 1. The summed E-state index contributed by atoms with van der Waals surface area (Å²) in [6.07, 6.45) is 3.39. The van der Waals surface area contributed by atoms with Crippen LogP contribution in [0.1, 0.15) is 32.1 Å². The lowest BCUT2D eigenvalue weighted by Gasteiger charge is -2.19. The summed E-state index contributed by atoms with van der Waals surface area (Å²) in [5, 5.41) is 2.61. The number of amides is 3. The number of carbonyl (C=O) groups excluding carboxylic acids is 3. The molecule has 1 aromatic rings. The summed E-state index contributed by atoms with van der Waals surface area (Å²) in [6.45, 7) is -2.85. The van der Waals surface area contributed by atoms with Crippen LogP contribution >= 0.6 is 0 Å². The van der Waals surface area contributed by atoms with Gasteiger partial charge in [0.25, 0.3) is 0 Å². The first-order valence-corrected chi connectivity index (χ1v) is 8.65. The normalized spacial score (nSPS) is 22.5. The first-order valence-electron chi connectivity index (χ1n) is 8.65. The van der Waals surface area contributed by atoms with E-state index in [4.69, 9.17) is 0 Å². The summed E-state index contributed by atoms with van der Waals surface area (Å²) in [7, 11) is 0. The fourth-order valence-corrected chi connectivity index (χ4v) is 3.61. The predicted octanol–water partition coefficient (Wildman–Crippen LogP) is 2.79. The molecule has 140 valence electrons. The number of hydrogen-bond acceptors (Lipinski definition) is 4. The molecule has 1 aliphatic heterocycles. The van der Waals surface area contributed by atoms with E-state index in [0.29, 0.717) is 5.69 Å². The lowest BCUT2D eigenvalue weighted by Crippen LogP contribution is -2.34. The zero-order valence-electron chi connectivity index (χ0n) is 14.1. The summed E-state index contributed by atoms with van der Waals surface area (Å²) in [4.78, 5) is 37.9. The van der Waals surface area contributed by atoms with E-state index in [1.54, 1.807) is 0 Å². The van der Waals surface area contributed by atoms with Crippen LogP contribution in [0.25, 0.3) is 0 Å². The Kier molecular flexibility index (Phi) is 5.49. The van der Waals surface area contributed by atoms with Gasteiger partial charge < -0.3 is 10.1 Å². The Labute approximate surface area is 149 Å². The second-order valence-corrected chi connectivity index (χ2v) is 6.53. The number of anilines is 1. The van der Waals surface area contributed by atoms with Gasteiger partial charge in [-0.2, -0.15) is 8.78 Å². The predicted molar refractivity (Wildman–Crippen MR) is 88.5 cm³/mol. The standard InChI is InChI=1S/C18H20F2N2O4/c19-18(20)26-12-7-5-11(6-8-12)21-15(23)9-10-22-16(24)13-3-1-2-4-14(13)17(22)25/h5-8,13-14,18H,1-4,9-10H2,(H,21,23)/t13-,14-/m0/s1. The number of halogens is 2. The maximum Gasteiger partial charge on any atom is 0.387 e. The number of fused-ring (bicyclic) bond motifs is 1. The number of nitrogens with zero attached hydrogens (tertiary/aromatic N) is 1. The number of alkyl halides is 2. The minimum atomic E-state index is -2.91. The van der Waals surface area contributed by atoms with E-state index in [0.717, 1.165) is 25.7 Å². The number of ether oxygens (including phenoxy) is 1. The van der Waals surface area contributed by atoms with Crippen LogP contribution in [0.15, 0.2) is 24.3 Å². The van der Waals surface area contributed by atoms with Gasteiger partial charge in [0, 0.05) is 18.7 Å². The van der Waals surface area contributed by atoms with Gasteiger partial charge in [-0.15, -0.1) is 0 Å². The fraction of sp³-hybridized carbons (Fsp3) is 0.500. The number of imide groups is 1. The second kappa shape index (κ2) is 7.80. The number of rotatable bonds is 6. The molecule has 3 amide bonds. The Morgan fingerprint density at radius 1 is 1.12 bits per heavy atom. The van der Waals surface area contributed by atoms with Crippen LogP contribution in [0.2, 0.25) is 0 Å². The molecule has 0 radical (unpaired) electrons. The highest BCUT2D eigenvalue weighted by atomic mass is 19.3. The molecule has 0 aromatic heterocycles. The Morgan fingerprint density at radius 2 is 1.69 bits per heavy atom. The van der Waals surface area contributed by atoms with Crippen molar-refractivity contribution in [3.05, 3.63) is 24.3 Å². The average molecular weight is 366 g/mol. The SMILES string of the molecule is O=C(CCN1C(=O)[C@H]2CCCC[C@@H]2C1=O)Nc1ccc(OC(F)F)cc1. The van der Waals surface area contributed by atoms with Crippen molar-refractivity contribution in [2.75, 3.05) is 11.9 Å². The number of benzene rings is 1. The van der Waals surface area contributed by atoms with Crippen molar-refractivity contribution >= 4 is 23.4 Å². The lowest BCUT2D eigenvalue weighted by molar-refractivity contribution is -0.140. The third-order valence-corrected chi connectivity index (χ3v) is 4.86. The first-order chi connectivity index (χ1) is 12.5. The van der Waals surface area contributed by atoms with Crippen molar-refractivity contribution in [2.24, 2.45) is 11.8 Å². The zero-order chi connectivity index (χ0) is 18.7. The molecule has 3 rings (SSSR count). The van der Waals surface area contributed by atoms with Crippen molar-refractivity contribution in [3.63, 3.8) is 0 Å². The van der Waals surface area contributed by atoms with Gasteiger partial charge in [-0.05, 0) is 37.1 Å². The first kappa shape index (κ1) is 18.3. The van der Waals surface area contributed by atoms with Gasteiger partial charge in [0.2, 0.25) is 17.7 Å². The summed E-state index contributed by atoms with van der Waals surface area (Å²) in [6, 6.07) is 5.52. The van der Waals surface area contributed by atoms with Crippen LogP contribution in [0.3, 0.4) is 0 Å². The monoisotopic (exact) mass is 366 g/mol. The molecule has 2 atom stereocenters. The van der Waals surface area contributed by atoms with Crippen molar-refractivity contribution in [3.8, 4) is 5.75 Å². The molecule has 0 spiro atoms. The minimum Gasteiger partial charge on any atom is -0.435 e. The van der Waals surface area contributed by atoms with Gasteiger partial charge in [0.05, 0.1) is 11.8 Å². The zero-order valence-corrected chi connectivity index (χ0v) is 14.1. The van der Waals surface area contributed by atoms with Gasteiger partial charge in [-0.25, -0.2) is 0 Å². The highest BCUT2D eigenvalue weighted by molar-refractivity contribution is 6.05.